The molecule has 0 aliphatic carbocycles. The molecule has 6 nitrogen and oxygen atoms in total. The molecule has 0 heterocycles. The van der Waals surface area contributed by atoms with E-state index < -0.39 is 10.5 Å². The lowest BCUT2D eigenvalue weighted by atomic mass is 9.97. The summed E-state index contributed by atoms with van der Waals surface area (Å²) in [6, 6.07) is 0. The Morgan fingerprint density at radius 2 is 1.80 bits per heavy atom. The second-order valence-electron chi connectivity index (χ2n) is 4.15. The molecule has 0 aromatic rings. The fourth-order valence-electron chi connectivity index (χ4n) is 0.725. The Balaban J connectivity index is 3.40. The van der Waals surface area contributed by atoms with E-state index in [1.54, 1.807) is 20.8 Å². The zero-order valence-electron chi connectivity index (χ0n) is 9.32. The molecule has 0 saturated heterocycles. The molecule has 0 aliphatic rings. The zero-order chi connectivity index (χ0) is 11.9. The largest absolute Gasteiger partial charge is 0.465 e. The predicted octanol–water partition coefficient (Wildman–Crippen LogP) is 1.56. The van der Waals surface area contributed by atoms with Gasteiger partial charge in [0.15, 0.2) is 0 Å². The van der Waals surface area contributed by atoms with Crippen molar-refractivity contribution in [1.82, 2.24) is 0 Å². The van der Waals surface area contributed by atoms with Crippen LogP contribution in [0.5, 0.6) is 0 Å². The lowest BCUT2D eigenvalue weighted by Gasteiger charge is -2.16. The summed E-state index contributed by atoms with van der Waals surface area (Å²) in [5.74, 6) is -0.266. The van der Waals surface area contributed by atoms with E-state index in [1.165, 1.54) is 0 Å². The third kappa shape index (κ3) is 7.72. The fourth-order valence-corrected chi connectivity index (χ4v) is 0.725. The van der Waals surface area contributed by atoms with E-state index in [9.17, 15) is 14.9 Å². The van der Waals surface area contributed by atoms with Gasteiger partial charge < -0.3 is 9.57 Å². The van der Waals surface area contributed by atoms with E-state index >= 15 is 0 Å². The van der Waals surface area contributed by atoms with Gasteiger partial charge in [0.05, 0.1) is 18.6 Å². The van der Waals surface area contributed by atoms with Crippen molar-refractivity contribution in [3.63, 3.8) is 0 Å². The summed E-state index contributed by atoms with van der Waals surface area (Å²) in [6.07, 6.45) is 1.06. The van der Waals surface area contributed by atoms with Crippen molar-refractivity contribution in [2.75, 3.05) is 13.2 Å². The number of unbranched alkanes of at least 4 members (excludes halogenated alkanes) is 1. The molecule has 0 aliphatic heterocycles. The first kappa shape index (κ1) is 13.7. The number of hydrogen-bond donors (Lipinski definition) is 0. The van der Waals surface area contributed by atoms with Gasteiger partial charge in [-0.05, 0) is 33.6 Å². The molecule has 0 atom stereocenters. The average molecular weight is 219 g/mol. The van der Waals surface area contributed by atoms with Crippen LogP contribution in [0.3, 0.4) is 0 Å². The molecular formula is C9H17NO5. The third-order valence-corrected chi connectivity index (χ3v) is 1.58. The summed E-state index contributed by atoms with van der Waals surface area (Å²) in [4.78, 5) is 25.1. The number of hydrogen-bond acceptors (Lipinski definition) is 5. The van der Waals surface area contributed by atoms with E-state index in [-0.39, 0.29) is 19.2 Å². The van der Waals surface area contributed by atoms with Crippen molar-refractivity contribution in [3.05, 3.63) is 10.1 Å². The summed E-state index contributed by atoms with van der Waals surface area (Å²) >= 11 is 0. The lowest BCUT2D eigenvalue weighted by Crippen LogP contribution is -2.23. The summed E-state index contributed by atoms with van der Waals surface area (Å²) in [6.45, 7) is 5.62. The van der Waals surface area contributed by atoms with Gasteiger partial charge in [-0.2, -0.15) is 0 Å². The van der Waals surface area contributed by atoms with Gasteiger partial charge in [-0.1, -0.05) is 0 Å². The Morgan fingerprint density at radius 3 is 2.27 bits per heavy atom. The van der Waals surface area contributed by atoms with E-state index in [4.69, 9.17) is 4.74 Å². The number of nitrogens with zero attached hydrogens (tertiary/aromatic N) is 1. The van der Waals surface area contributed by atoms with Crippen LogP contribution in [-0.4, -0.2) is 24.3 Å². The van der Waals surface area contributed by atoms with Gasteiger partial charge in [-0.25, -0.2) is 0 Å². The Morgan fingerprint density at radius 1 is 1.27 bits per heavy atom. The molecule has 0 fully saturated rings. The molecular weight excluding hydrogens is 202 g/mol. The van der Waals surface area contributed by atoms with Crippen LogP contribution >= 0.6 is 0 Å². The molecule has 15 heavy (non-hydrogen) atoms. The topological polar surface area (TPSA) is 78.7 Å². The van der Waals surface area contributed by atoms with E-state index in [1.807, 2.05) is 0 Å². The van der Waals surface area contributed by atoms with Crippen molar-refractivity contribution in [1.29, 1.82) is 0 Å². The first-order chi connectivity index (χ1) is 6.84. The summed E-state index contributed by atoms with van der Waals surface area (Å²) in [5.41, 5.74) is -0.503. The van der Waals surface area contributed by atoms with Crippen LogP contribution in [0.1, 0.15) is 33.6 Å². The minimum atomic E-state index is -0.832. The molecule has 0 spiro atoms. The maximum absolute atomic E-state index is 11.2. The van der Waals surface area contributed by atoms with Crippen molar-refractivity contribution in [3.8, 4) is 0 Å². The Hall–Kier alpha value is -1.33. The molecule has 0 radical (unpaired) electrons. The molecule has 88 valence electrons. The molecule has 0 N–H and O–H groups in total. The number of carbonyl (C=O) groups is 1. The SMILES string of the molecule is CC(C)(C)C(=O)OCCCCO[N+](=O)[O-]. The van der Waals surface area contributed by atoms with Crippen LogP contribution in [0.2, 0.25) is 0 Å². The van der Waals surface area contributed by atoms with Gasteiger partial charge in [-0.15, -0.1) is 10.1 Å². The van der Waals surface area contributed by atoms with Crippen LogP contribution < -0.4 is 0 Å². The number of esters is 1. The number of carbonyl (C=O) groups excluding carboxylic acids is 1. The highest BCUT2D eigenvalue weighted by atomic mass is 16.9. The molecule has 0 rings (SSSR count). The minimum Gasteiger partial charge on any atom is -0.465 e. The van der Waals surface area contributed by atoms with E-state index in [0.717, 1.165) is 0 Å². The Kier molecular flexibility index (Phi) is 5.66. The van der Waals surface area contributed by atoms with Crippen LogP contribution in [0, 0.1) is 15.5 Å². The third-order valence-electron chi connectivity index (χ3n) is 1.58. The van der Waals surface area contributed by atoms with Crippen molar-refractivity contribution in [2.45, 2.75) is 33.6 Å². The van der Waals surface area contributed by atoms with Crippen LogP contribution in [0.4, 0.5) is 0 Å². The van der Waals surface area contributed by atoms with E-state index in [2.05, 4.69) is 4.84 Å². The van der Waals surface area contributed by atoms with Crippen molar-refractivity contribution < 1.29 is 19.5 Å². The van der Waals surface area contributed by atoms with Gasteiger partial charge >= 0.3 is 5.97 Å². The van der Waals surface area contributed by atoms with Gasteiger partial charge in [0.2, 0.25) is 0 Å². The normalized spacial score (nSPS) is 10.9. The van der Waals surface area contributed by atoms with Crippen molar-refractivity contribution >= 4 is 5.97 Å². The van der Waals surface area contributed by atoms with Crippen molar-refractivity contribution in [2.24, 2.45) is 5.41 Å². The molecule has 6 heteroatoms. The Labute approximate surface area is 88.7 Å². The van der Waals surface area contributed by atoms with Gasteiger partial charge in [0.1, 0.15) is 0 Å². The predicted molar refractivity (Wildman–Crippen MR) is 52.6 cm³/mol. The lowest BCUT2D eigenvalue weighted by molar-refractivity contribution is -0.757. The van der Waals surface area contributed by atoms with E-state index in [0.29, 0.717) is 12.8 Å². The van der Waals surface area contributed by atoms with Gasteiger partial charge in [0.25, 0.3) is 5.09 Å². The standard InChI is InChI=1S/C9H17NO5/c1-9(2,3)8(11)14-6-4-5-7-15-10(12)13/h4-7H2,1-3H3. The molecule has 0 unspecified atom stereocenters. The second-order valence-corrected chi connectivity index (χ2v) is 4.15. The van der Waals surface area contributed by atoms with Gasteiger partial charge in [-0.3, -0.25) is 4.79 Å². The Bertz CT molecular complexity index is 221. The number of rotatable bonds is 6. The smallest absolute Gasteiger partial charge is 0.311 e. The maximum Gasteiger partial charge on any atom is 0.311 e. The molecule has 0 bridgehead atoms. The highest BCUT2D eigenvalue weighted by Gasteiger charge is 2.22. The summed E-state index contributed by atoms with van der Waals surface area (Å²) < 4.78 is 4.95. The molecule has 0 aromatic carbocycles. The highest BCUT2D eigenvalue weighted by Crippen LogP contribution is 2.15. The molecule has 0 amide bonds. The average Bonchev–Trinajstić information content (AvgIpc) is 2.08. The maximum atomic E-state index is 11.2. The van der Waals surface area contributed by atoms with Gasteiger partial charge in [0, 0.05) is 0 Å². The fraction of sp³-hybridized carbons (Fsp3) is 0.889. The quantitative estimate of drug-likeness (QED) is 0.293. The second kappa shape index (κ2) is 6.21. The van der Waals surface area contributed by atoms with Crippen LogP contribution in [0.25, 0.3) is 0 Å². The van der Waals surface area contributed by atoms with Crippen LogP contribution in [-0.2, 0) is 14.4 Å². The van der Waals surface area contributed by atoms with Crippen LogP contribution in [0.15, 0.2) is 0 Å². The first-order valence-electron chi connectivity index (χ1n) is 4.78. The highest BCUT2D eigenvalue weighted by molar-refractivity contribution is 5.75. The first-order valence-corrected chi connectivity index (χ1v) is 4.78. The summed E-state index contributed by atoms with van der Waals surface area (Å²) in [7, 11) is 0. The zero-order valence-corrected chi connectivity index (χ0v) is 9.32. The molecule has 0 saturated carbocycles. The molecule has 0 aromatic heterocycles. The monoisotopic (exact) mass is 219 g/mol. The number of ether oxygens (including phenoxy) is 1. The summed E-state index contributed by atoms with van der Waals surface area (Å²) in [5, 5.41) is 8.94. The minimum absolute atomic E-state index is 0.0417.